The van der Waals surface area contributed by atoms with Crippen LogP contribution in [0, 0.1) is 0 Å². The minimum Gasteiger partial charge on any atom is -0.370 e. The summed E-state index contributed by atoms with van der Waals surface area (Å²) in [5.74, 6) is 0. The fourth-order valence-corrected chi connectivity index (χ4v) is 2.73. The summed E-state index contributed by atoms with van der Waals surface area (Å²) in [4.78, 5) is 4.21. The van der Waals surface area contributed by atoms with E-state index in [1.54, 1.807) is 0 Å². The summed E-state index contributed by atoms with van der Waals surface area (Å²) in [7, 11) is 2.04. The summed E-state index contributed by atoms with van der Waals surface area (Å²) in [5, 5.41) is 3.38. The van der Waals surface area contributed by atoms with Crippen molar-refractivity contribution < 1.29 is 4.74 Å². The molecule has 4 heteroatoms. The van der Waals surface area contributed by atoms with Gasteiger partial charge in [-0.05, 0) is 26.3 Å². The summed E-state index contributed by atoms with van der Waals surface area (Å²) >= 11 is 0. The Morgan fingerprint density at radius 3 is 3.06 bits per heavy atom. The third-order valence-corrected chi connectivity index (χ3v) is 3.78. The first-order chi connectivity index (χ1) is 8.85. The van der Waals surface area contributed by atoms with Gasteiger partial charge in [-0.2, -0.15) is 0 Å². The van der Waals surface area contributed by atoms with Crippen molar-refractivity contribution in [3.63, 3.8) is 0 Å². The summed E-state index contributed by atoms with van der Waals surface area (Å²) in [6.45, 7) is 3.89. The molecule has 1 fully saturated rings. The smallest absolute Gasteiger partial charge is 0.0948 e. The Labute approximate surface area is 110 Å². The fourth-order valence-electron chi connectivity index (χ4n) is 2.73. The van der Waals surface area contributed by atoms with Crippen molar-refractivity contribution in [1.29, 1.82) is 0 Å². The lowest BCUT2D eigenvalue weighted by atomic mass is 9.92. The van der Waals surface area contributed by atoms with Gasteiger partial charge in [0.15, 0.2) is 0 Å². The standard InChI is InChI=1S/C14H25N3O/c1-3-8-17-11-16-9-12(17)10-18-14-7-5-4-6-13(14)15-2/h9,11,13-15H,3-8,10H2,1-2H3. The van der Waals surface area contributed by atoms with Gasteiger partial charge in [0.05, 0.1) is 30.9 Å². The molecule has 0 bridgehead atoms. The third kappa shape index (κ3) is 3.33. The molecule has 0 aromatic carbocycles. The second kappa shape index (κ2) is 6.90. The van der Waals surface area contributed by atoms with Crippen molar-refractivity contribution in [2.45, 2.75) is 64.3 Å². The predicted octanol–water partition coefficient (Wildman–Crippen LogP) is 2.34. The van der Waals surface area contributed by atoms with E-state index in [-0.39, 0.29) is 0 Å². The second-order valence-electron chi connectivity index (χ2n) is 5.11. The number of aromatic nitrogens is 2. The van der Waals surface area contributed by atoms with E-state index in [2.05, 4.69) is 21.8 Å². The molecule has 1 aliphatic rings. The zero-order valence-electron chi connectivity index (χ0n) is 11.6. The second-order valence-corrected chi connectivity index (χ2v) is 5.11. The molecule has 1 aromatic heterocycles. The normalized spacial score (nSPS) is 24.3. The van der Waals surface area contributed by atoms with Crippen LogP contribution < -0.4 is 5.32 Å². The maximum atomic E-state index is 6.09. The van der Waals surface area contributed by atoms with E-state index >= 15 is 0 Å². The first kappa shape index (κ1) is 13.6. The Bertz CT molecular complexity index is 351. The molecule has 2 atom stereocenters. The Morgan fingerprint density at radius 2 is 2.28 bits per heavy atom. The molecule has 1 aliphatic carbocycles. The van der Waals surface area contributed by atoms with Gasteiger partial charge in [0.25, 0.3) is 0 Å². The van der Waals surface area contributed by atoms with Crippen molar-refractivity contribution >= 4 is 0 Å². The van der Waals surface area contributed by atoms with Crippen molar-refractivity contribution in [3.8, 4) is 0 Å². The topological polar surface area (TPSA) is 39.1 Å². The van der Waals surface area contributed by atoms with Crippen LogP contribution in [0.5, 0.6) is 0 Å². The van der Waals surface area contributed by atoms with Gasteiger partial charge in [0.2, 0.25) is 0 Å². The molecule has 0 spiro atoms. The summed E-state index contributed by atoms with van der Waals surface area (Å²) in [6, 6.07) is 0.515. The number of hydrogen-bond acceptors (Lipinski definition) is 3. The van der Waals surface area contributed by atoms with E-state index in [0.717, 1.165) is 13.0 Å². The highest BCUT2D eigenvalue weighted by molar-refractivity contribution is 4.96. The van der Waals surface area contributed by atoms with E-state index in [0.29, 0.717) is 18.8 Å². The fraction of sp³-hybridized carbons (Fsp3) is 0.786. The average molecular weight is 251 g/mol. The zero-order chi connectivity index (χ0) is 12.8. The van der Waals surface area contributed by atoms with Crippen molar-refractivity contribution in [1.82, 2.24) is 14.9 Å². The van der Waals surface area contributed by atoms with Crippen LogP contribution >= 0.6 is 0 Å². The average Bonchev–Trinajstić information content (AvgIpc) is 2.84. The number of ether oxygens (including phenoxy) is 1. The number of nitrogens with zero attached hydrogens (tertiary/aromatic N) is 2. The van der Waals surface area contributed by atoms with Gasteiger partial charge < -0.3 is 14.6 Å². The van der Waals surface area contributed by atoms with Gasteiger partial charge in [0.1, 0.15) is 0 Å². The van der Waals surface area contributed by atoms with Crippen LogP contribution in [0.15, 0.2) is 12.5 Å². The van der Waals surface area contributed by atoms with E-state index in [1.807, 2.05) is 19.6 Å². The number of imidazole rings is 1. The molecule has 1 heterocycles. The van der Waals surface area contributed by atoms with Gasteiger partial charge in [-0.3, -0.25) is 0 Å². The molecule has 102 valence electrons. The molecule has 1 saturated carbocycles. The Morgan fingerprint density at radius 1 is 1.44 bits per heavy atom. The molecule has 18 heavy (non-hydrogen) atoms. The maximum Gasteiger partial charge on any atom is 0.0948 e. The Kier molecular flexibility index (Phi) is 5.20. The SMILES string of the molecule is CCCn1cncc1COC1CCCCC1NC. The lowest BCUT2D eigenvalue weighted by molar-refractivity contribution is -0.00615. The van der Waals surface area contributed by atoms with E-state index in [4.69, 9.17) is 4.74 Å². The molecule has 1 N–H and O–H groups in total. The highest BCUT2D eigenvalue weighted by Crippen LogP contribution is 2.22. The van der Waals surface area contributed by atoms with Gasteiger partial charge in [0, 0.05) is 12.6 Å². The third-order valence-electron chi connectivity index (χ3n) is 3.78. The van der Waals surface area contributed by atoms with Crippen molar-refractivity contribution in [3.05, 3.63) is 18.2 Å². The number of likely N-dealkylation sites (N-methyl/N-ethyl adjacent to an activating group) is 1. The van der Waals surface area contributed by atoms with Crippen molar-refractivity contribution in [2.75, 3.05) is 7.05 Å². The predicted molar refractivity (Wildman–Crippen MR) is 72.4 cm³/mol. The molecule has 0 amide bonds. The van der Waals surface area contributed by atoms with Crippen LogP contribution in [-0.4, -0.2) is 28.7 Å². The zero-order valence-corrected chi connectivity index (χ0v) is 11.6. The van der Waals surface area contributed by atoms with Gasteiger partial charge >= 0.3 is 0 Å². The molecule has 1 aromatic rings. The minimum atomic E-state index is 0.355. The molecule has 0 saturated heterocycles. The molecule has 2 unspecified atom stereocenters. The summed E-state index contributed by atoms with van der Waals surface area (Å²) in [5.41, 5.74) is 1.19. The monoisotopic (exact) mass is 251 g/mol. The first-order valence-electron chi connectivity index (χ1n) is 7.13. The van der Waals surface area contributed by atoms with Gasteiger partial charge in [-0.25, -0.2) is 4.98 Å². The molecule has 0 aliphatic heterocycles. The number of aryl methyl sites for hydroxylation is 1. The van der Waals surface area contributed by atoms with Gasteiger partial charge in [-0.1, -0.05) is 19.8 Å². The molecular formula is C14H25N3O. The van der Waals surface area contributed by atoms with Gasteiger partial charge in [-0.15, -0.1) is 0 Å². The van der Waals surface area contributed by atoms with Crippen LogP contribution in [0.2, 0.25) is 0 Å². The highest BCUT2D eigenvalue weighted by Gasteiger charge is 2.24. The quantitative estimate of drug-likeness (QED) is 0.843. The highest BCUT2D eigenvalue weighted by atomic mass is 16.5. The van der Waals surface area contributed by atoms with Crippen LogP contribution in [0.25, 0.3) is 0 Å². The van der Waals surface area contributed by atoms with E-state index in [9.17, 15) is 0 Å². The van der Waals surface area contributed by atoms with Crippen molar-refractivity contribution in [2.24, 2.45) is 0 Å². The van der Waals surface area contributed by atoms with Crippen LogP contribution in [-0.2, 0) is 17.9 Å². The lowest BCUT2D eigenvalue weighted by Gasteiger charge is -2.31. The Hall–Kier alpha value is -0.870. The van der Waals surface area contributed by atoms with Crippen LogP contribution in [0.4, 0.5) is 0 Å². The molecule has 2 rings (SSSR count). The number of hydrogen-bond donors (Lipinski definition) is 1. The Balaban J connectivity index is 1.87. The molecule has 4 nitrogen and oxygen atoms in total. The minimum absolute atomic E-state index is 0.355. The number of rotatable bonds is 6. The van der Waals surface area contributed by atoms with Crippen LogP contribution in [0.3, 0.4) is 0 Å². The van der Waals surface area contributed by atoms with Crippen LogP contribution in [0.1, 0.15) is 44.7 Å². The summed E-state index contributed by atoms with van der Waals surface area (Å²) in [6.07, 6.45) is 10.3. The molecule has 0 radical (unpaired) electrons. The molecular weight excluding hydrogens is 226 g/mol. The first-order valence-corrected chi connectivity index (χ1v) is 7.13. The van der Waals surface area contributed by atoms with E-state index < -0.39 is 0 Å². The number of nitrogens with one attached hydrogen (secondary N) is 1. The maximum absolute atomic E-state index is 6.09. The lowest BCUT2D eigenvalue weighted by Crippen LogP contribution is -2.41. The summed E-state index contributed by atoms with van der Waals surface area (Å²) < 4.78 is 8.29. The largest absolute Gasteiger partial charge is 0.370 e. The van der Waals surface area contributed by atoms with E-state index in [1.165, 1.54) is 31.4 Å².